The third-order valence-corrected chi connectivity index (χ3v) is 4.03. The molecule has 0 bridgehead atoms. The largest absolute Gasteiger partial charge is 0.396 e. The van der Waals surface area contributed by atoms with Crippen molar-refractivity contribution >= 4 is 15.7 Å². The molecule has 0 aliphatic rings. The zero-order chi connectivity index (χ0) is 13.8. The number of hydrogen-bond donors (Lipinski definition) is 3. The number of sulfonamides is 1. The van der Waals surface area contributed by atoms with Gasteiger partial charge in [-0.15, -0.1) is 0 Å². The summed E-state index contributed by atoms with van der Waals surface area (Å²) in [7, 11) is -3.82. The summed E-state index contributed by atoms with van der Waals surface area (Å²) in [5.41, 5.74) is 5.01. The number of nitrogen functional groups attached to an aromatic ring is 1. The van der Waals surface area contributed by atoms with E-state index in [1.807, 2.05) is 0 Å². The third kappa shape index (κ3) is 3.66. The van der Waals surface area contributed by atoms with E-state index in [0.717, 1.165) is 6.07 Å². The van der Waals surface area contributed by atoms with Crippen molar-refractivity contribution in [1.82, 2.24) is 4.72 Å². The number of nitrogens with one attached hydrogen (secondary N) is 1. The van der Waals surface area contributed by atoms with Crippen LogP contribution in [0.25, 0.3) is 0 Å². The molecule has 0 aliphatic heterocycles. The lowest BCUT2D eigenvalue weighted by Gasteiger charge is -2.13. The molecule has 0 fully saturated rings. The van der Waals surface area contributed by atoms with Crippen molar-refractivity contribution in [3.63, 3.8) is 0 Å². The normalized spacial score (nSPS) is 13.5. The molecule has 5 nitrogen and oxygen atoms in total. The van der Waals surface area contributed by atoms with Gasteiger partial charge in [0.25, 0.3) is 0 Å². The van der Waals surface area contributed by atoms with Crippen LogP contribution in [0.15, 0.2) is 23.1 Å². The first kappa shape index (κ1) is 14.9. The SMILES string of the molecule is CC(CCO)CNS(=O)(=O)c1cccc(F)c1N. The van der Waals surface area contributed by atoms with Gasteiger partial charge in [-0.25, -0.2) is 17.5 Å². The molecule has 4 N–H and O–H groups in total. The second kappa shape index (κ2) is 6.12. The van der Waals surface area contributed by atoms with Crippen LogP contribution in [0.3, 0.4) is 0 Å². The van der Waals surface area contributed by atoms with Crippen LogP contribution in [-0.2, 0) is 10.0 Å². The van der Waals surface area contributed by atoms with Crippen LogP contribution >= 0.6 is 0 Å². The maximum Gasteiger partial charge on any atom is 0.242 e. The lowest BCUT2D eigenvalue weighted by molar-refractivity contribution is 0.263. The van der Waals surface area contributed by atoms with Crippen molar-refractivity contribution in [3.8, 4) is 0 Å². The average Bonchev–Trinajstić information content (AvgIpc) is 2.30. The first-order chi connectivity index (χ1) is 8.38. The van der Waals surface area contributed by atoms with Crippen molar-refractivity contribution < 1.29 is 17.9 Å². The van der Waals surface area contributed by atoms with E-state index in [4.69, 9.17) is 10.8 Å². The highest BCUT2D eigenvalue weighted by Gasteiger charge is 2.19. The lowest BCUT2D eigenvalue weighted by Crippen LogP contribution is -2.29. The highest BCUT2D eigenvalue weighted by molar-refractivity contribution is 7.89. The van der Waals surface area contributed by atoms with Gasteiger partial charge in [0, 0.05) is 13.2 Å². The van der Waals surface area contributed by atoms with Gasteiger partial charge in [0.1, 0.15) is 10.7 Å². The molecule has 0 aromatic heterocycles. The number of rotatable bonds is 6. The summed E-state index contributed by atoms with van der Waals surface area (Å²) in [4.78, 5) is -0.265. The van der Waals surface area contributed by atoms with Crippen LogP contribution in [0.1, 0.15) is 13.3 Å². The molecule has 18 heavy (non-hydrogen) atoms. The topological polar surface area (TPSA) is 92.4 Å². The van der Waals surface area contributed by atoms with Gasteiger partial charge in [-0.3, -0.25) is 0 Å². The molecule has 0 amide bonds. The molecule has 0 saturated carbocycles. The van der Waals surface area contributed by atoms with E-state index in [9.17, 15) is 12.8 Å². The van der Waals surface area contributed by atoms with Crippen LogP contribution < -0.4 is 10.5 Å². The second-order valence-electron chi connectivity index (χ2n) is 4.12. The summed E-state index contributed by atoms with van der Waals surface area (Å²) in [5.74, 6) is -0.777. The molecule has 1 rings (SSSR count). The van der Waals surface area contributed by atoms with E-state index < -0.39 is 15.8 Å². The smallest absolute Gasteiger partial charge is 0.242 e. The number of anilines is 1. The van der Waals surface area contributed by atoms with Crippen molar-refractivity contribution in [2.24, 2.45) is 5.92 Å². The fourth-order valence-electron chi connectivity index (χ4n) is 1.40. The quantitative estimate of drug-likeness (QED) is 0.667. The molecular weight excluding hydrogens is 259 g/mol. The molecule has 0 spiro atoms. The molecule has 0 saturated heterocycles. The Morgan fingerprint density at radius 1 is 1.50 bits per heavy atom. The standard InChI is InChI=1S/C11H17FN2O3S/c1-8(5-6-15)7-14-18(16,17)10-4-2-3-9(12)11(10)13/h2-4,8,14-15H,5-7,13H2,1H3. The van der Waals surface area contributed by atoms with Crippen molar-refractivity contribution in [3.05, 3.63) is 24.0 Å². The minimum atomic E-state index is -3.82. The van der Waals surface area contributed by atoms with Gasteiger partial charge in [0.05, 0.1) is 5.69 Å². The second-order valence-corrected chi connectivity index (χ2v) is 5.86. The monoisotopic (exact) mass is 276 g/mol. The number of aliphatic hydroxyl groups is 1. The number of halogens is 1. The van der Waals surface area contributed by atoms with Gasteiger partial charge in [-0.2, -0.15) is 0 Å². The first-order valence-electron chi connectivity index (χ1n) is 5.53. The van der Waals surface area contributed by atoms with Crippen LogP contribution in [0, 0.1) is 11.7 Å². The summed E-state index contributed by atoms with van der Waals surface area (Å²) >= 11 is 0. The molecular formula is C11H17FN2O3S. The summed E-state index contributed by atoms with van der Waals surface area (Å²) < 4.78 is 39.3. The zero-order valence-corrected chi connectivity index (χ0v) is 10.9. The molecule has 0 radical (unpaired) electrons. The summed E-state index contributed by atoms with van der Waals surface area (Å²) in [6.07, 6.45) is 0.487. The predicted molar refractivity (Wildman–Crippen MR) is 66.9 cm³/mol. The fourth-order valence-corrected chi connectivity index (χ4v) is 2.71. The minimum absolute atomic E-state index is 0.00893. The molecule has 1 atom stereocenters. The van der Waals surface area contributed by atoms with E-state index in [1.165, 1.54) is 12.1 Å². The van der Waals surface area contributed by atoms with Gasteiger partial charge >= 0.3 is 0 Å². The third-order valence-electron chi connectivity index (χ3n) is 2.55. The number of benzene rings is 1. The van der Waals surface area contributed by atoms with Gasteiger partial charge in [0.2, 0.25) is 10.0 Å². The predicted octanol–water partition coefficient (Wildman–Crippen LogP) is 0.705. The Morgan fingerprint density at radius 2 is 2.17 bits per heavy atom. The van der Waals surface area contributed by atoms with Gasteiger partial charge in [-0.1, -0.05) is 13.0 Å². The maximum absolute atomic E-state index is 13.2. The van der Waals surface area contributed by atoms with Crippen LogP contribution in [0.5, 0.6) is 0 Å². The Balaban J connectivity index is 2.84. The highest BCUT2D eigenvalue weighted by atomic mass is 32.2. The van der Waals surface area contributed by atoms with E-state index in [-0.39, 0.29) is 29.7 Å². The van der Waals surface area contributed by atoms with Crippen LogP contribution in [0.2, 0.25) is 0 Å². The first-order valence-corrected chi connectivity index (χ1v) is 7.01. The molecule has 1 aromatic carbocycles. The van der Waals surface area contributed by atoms with Crippen molar-refractivity contribution in [1.29, 1.82) is 0 Å². The zero-order valence-electron chi connectivity index (χ0n) is 10.1. The highest BCUT2D eigenvalue weighted by Crippen LogP contribution is 2.20. The van der Waals surface area contributed by atoms with E-state index in [2.05, 4.69) is 4.72 Å². The Labute approximate surface area is 106 Å². The number of nitrogens with two attached hydrogens (primary N) is 1. The number of para-hydroxylation sites is 1. The summed E-state index contributed by atoms with van der Waals surface area (Å²) in [5, 5.41) is 8.72. The molecule has 1 aromatic rings. The molecule has 7 heteroatoms. The minimum Gasteiger partial charge on any atom is -0.396 e. The van der Waals surface area contributed by atoms with Gasteiger partial charge in [-0.05, 0) is 24.5 Å². The fraction of sp³-hybridized carbons (Fsp3) is 0.455. The molecule has 102 valence electrons. The maximum atomic E-state index is 13.2. The van der Waals surface area contributed by atoms with Gasteiger partial charge < -0.3 is 10.8 Å². The Kier molecular flexibility index (Phi) is 5.06. The van der Waals surface area contributed by atoms with Gasteiger partial charge in [0.15, 0.2) is 0 Å². The summed E-state index contributed by atoms with van der Waals surface area (Å²) in [6.45, 7) is 1.96. The average molecular weight is 276 g/mol. The number of hydrogen-bond acceptors (Lipinski definition) is 4. The van der Waals surface area contributed by atoms with Crippen LogP contribution in [0.4, 0.5) is 10.1 Å². The van der Waals surface area contributed by atoms with Crippen molar-refractivity contribution in [2.75, 3.05) is 18.9 Å². The lowest BCUT2D eigenvalue weighted by atomic mass is 10.1. The Morgan fingerprint density at radius 3 is 2.78 bits per heavy atom. The molecule has 0 aliphatic carbocycles. The number of aliphatic hydroxyl groups excluding tert-OH is 1. The Bertz CT molecular complexity index is 505. The van der Waals surface area contributed by atoms with E-state index in [0.29, 0.717) is 6.42 Å². The molecule has 1 unspecified atom stereocenters. The summed E-state index contributed by atoms with van der Waals surface area (Å²) in [6, 6.07) is 3.64. The Hall–Kier alpha value is -1.18. The molecule has 0 heterocycles. The van der Waals surface area contributed by atoms with Crippen LogP contribution in [-0.4, -0.2) is 26.7 Å². The van der Waals surface area contributed by atoms with E-state index >= 15 is 0 Å². The van der Waals surface area contributed by atoms with E-state index in [1.54, 1.807) is 6.92 Å². The van der Waals surface area contributed by atoms with Crippen molar-refractivity contribution in [2.45, 2.75) is 18.2 Å².